The summed E-state index contributed by atoms with van der Waals surface area (Å²) in [6.45, 7) is 0.294. The predicted octanol–water partition coefficient (Wildman–Crippen LogP) is 3.08. The van der Waals surface area contributed by atoms with Gasteiger partial charge in [-0.05, 0) is 18.2 Å². The number of aliphatic hydroxyl groups is 1. The third-order valence-electron chi connectivity index (χ3n) is 2.61. The van der Waals surface area contributed by atoms with E-state index in [1.807, 2.05) is 24.3 Å². The van der Waals surface area contributed by atoms with Gasteiger partial charge in [0.1, 0.15) is 11.5 Å². The van der Waals surface area contributed by atoms with Crippen LogP contribution in [-0.2, 0) is 13.2 Å². The van der Waals surface area contributed by atoms with E-state index in [1.165, 1.54) is 0 Å². The molecule has 0 aliphatic rings. The van der Waals surface area contributed by atoms with Gasteiger partial charge in [-0.25, -0.2) is 0 Å². The highest BCUT2D eigenvalue weighted by Gasteiger charge is 2.07. The average Bonchev–Trinajstić information content (AvgIpc) is 2.40. The molecule has 2 aromatic carbocycles. The number of halogens is 1. The Morgan fingerprint density at radius 2 is 1.83 bits per heavy atom. The first-order valence-electron chi connectivity index (χ1n) is 5.59. The summed E-state index contributed by atoms with van der Waals surface area (Å²) in [5.74, 6) is 1.22. The van der Waals surface area contributed by atoms with Gasteiger partial charge in [0.25, 0.3) is 0 Å². The number of benzene rings is 2. The summed E-state index contributed by atoms with van der Waals surface area (Å²) in [7, 11) is 0. The summed E-state index contributed by atoms with van der Waals surface area (Å²) in [4.78, 5) is 0. The van der Waals surface area contributed by atoms with Gasteiger partial charge < -0.3 is 15.6 Å². The van der Waals surface area contributed by atoms with E-state index in [0.29, 0.717) is 23.1 Å². The fraction of sp³-hybridized carbons (Fsp3) is 0.143. The van der Waals surface area contributed by atoms with Crippen molar-refractivity contribution >= 4 is 11.6 Å². The van der Waals surface area contributed by atoms with Crippen LogP contribution in [0.25, 0.3) is 0 Å². The Balaban J connectivity index is 2.36. The summed E-state index contributed by atoms with van der Waals surface area (Å²) in [5.41, 5.74) is 7.24. The maximum Gasteiger partial charge on any atom is 0.133 e. The molecule has 2 aromatic rings. The van der Waals surface area contributed by atoms with Crippen LogP contribution < -0.4 is 10.5 Å². The highest BCUT2D eigenvalue weighted by atomic mass is 35.5. The average molecular weight is 264 g/mol. The second-order valence-electron chi connectivity index (χ2n) is 3.82. The minimum absolute atomic E-state index is 0.0747. The topological polar surface area (TPSA) is 55.5 Å². The van der Waals surface area contributed by atoms with Crippen LogP contribution in [0.5, 0.6) is 11.5 Å². The fourth-order valence-corrected chi connectivity index (χ4v) is 1.81. The molecule has 0 amide bonds. The molecular formula is C14H14ClNO2. The van der Waals surface area contributed by atoms with Crippen molar-refractivity contribution in [2.24, 2.45) is 5.73 Å². The van der Waals surface area contributed by atoms with Gasteiger partial charge in [0.05, 0.1) is 6.61 Å². The summed E-state index contributed by atoms with van der Waals surface area (Å²) >= 11 is 5.94. The van der Waals surface area contributed by atoms with E-state index in [4.69, 9.17) is 22.1 Å². The lowest BCUT2D eigenvalue weighted by molar-refractivity contribution is 0.276. The van der Waals surface area contributed by atoms with Gasteiger partial charge in [-0.15, -0.1) is 0 Å². The summed E-state index contributed by atoms with van der Waals surface area (Å²) in [6.07, 6.45) is 0. The highest BCUT2D eigenvalue weighted by molar-refractivity contribution is 6.30. The minimum Gasteiger partial charge on any atom is -0.457 e. The Hall–Kier alpha value is -1.55. The van der Waals surface area contributed by atoms with Crippen molar-refractivity contribution < 1.29 is 9.84 Å². The van der Waals surface area contributed by atoms with Crippen molar-refractivity contribution in [1.29, 1.82) is 0 Å². The van der Waals surface area contributed by atoms with Gasteiger partial charge >= 0.3 is 0 Å². The first kappa shape index (κ1) is 12.9. The molecular weight excluding hydrogens is 250 g/mol. The molecule has 0 saturated heterocycles. The monoisotopic (exact) mass is 263 g/mol. The number of hydrogen-bond donors (Lipinski definition) is 2. The molecule has 0 aliphatic heterocycles. The van der Waals surface area contributed by atoms with E-state index < -0.39 is 0 Å². The lowest BCUT2D eigenvalue weighted by Gasteiger charge is -2.12. The molecule has 0 spiro atoms. The van der Waals surface area contributed by atoms with Crippen molar-refractivity contribution in [2.45, 2.75) is 13.2 Å². The Morgan fingerprint density at radius 1 is 1.06 bits per heavy atom. The van der Waals surface area contributed by atoms with Crippen LogP contribution in [0.1, 0.15) is 11.1 Å². The van der Waals surface area contributed by atoms with Crippen LogP contribution in [0.3, 0.4) is 0 Å². The van der Waals surface area contributed by atoms with Crippen molar-refractivity contribution in [1.82, 2.24) is 0 Å². The van der Waals surface area contributed by atoms with E-state index in [9.17, 15) is 5.11 Å². The second kappa shape index (κ2) is 5.87. The second-order valence-corrected chi connectivity index (χ2v) is 4.26. The van der Waals surface area contributed by atoms with E-state index >= 15 is 0 Å². The van der Waals surface area contributed by atoms with Crippen LogP contribution in [-0.4, -0.2) is 5.11 Å². The molecule has 0 aliphatic carbocycles. The van der Waals surface area contributed by atoms with Crippen molar-refractivity contribution in [2.75, 3.05) is 0 Å². The molecule has 0 bridgehead atoms. The summed E-state index contributed by atoms with van der Waals surface area (Å²) in [6, 6.07) is 12.6. The maximum absolute atomic E-state index is 9.25. The van der Waals surface area contributed by atoms with Crippen molar-refractivity contribution in [3.63, 3.8) is 0 Å². The number of ether oxygens (including phenoxy) is 1. The molecule has 0 saturated carbocycles. The third kappa shape index (κ3) is 2.82. The molecule has 94 valence electrons. The number of rotatable bonds is 4. The van der Waals surface area contributed by atoms with Crippen LogP contribution in [0.2, 0.25) is 5.02 Å². The standard InChI is InChI=1S/C14H14ClNO2/c15-12-6-5-10(8-16)14(7-12)18-13-4-2-1-3-11(13)9-17/h1-7,17H,8-9,16H2. The lowest BCUT2D eigenvalue weighted by atomic mass is 10.2. The van der Waals surface area contributed by atoms with Crippen molar-refractivity contribution in [3.05, 3.63) is 58.6 Å². The number of aliphatic hydroxyl groups excluding tert-OH is 1. The highest BCUT2D eigenvalue weighted by Crippen LogP contribution is 2.30. The Labute approximate surface area is 111 Å². The zero-order valence-corrected chi connectivity index (χ0v) is 10.5. The largest absolute Gasteiger partial charge is 0.457 e. The first-order chi connectivity index (χ1) is 8.74. The fourth-order valence-electron chi connectivity index (χ4n) is 1.64. The zero-order chi connectivity index (χ0) is 13.0. The quantitative estimate of drug-likeness (QED) is 0.891. The molecule has 0 unspecified atom stereocenters. The van der Waals surface area contributed by atoms with Crippen LogP contribution in [0.15, 0.2) is 42.5 Å². The van der Waals surface area contributed by atoms with E-state index in [2.05, 4.69) is 0 Å². The molecule has 4 heteroatoms. The van der Waals surface area contributed by atoms with Gasteiger partial charge in [-0.2, -0.15) is 0 Å². The first-order valence-corrected chi connectivity index (χ1v) is 5.97. The molecule has 18 heavy (non-hydrogen) atoms. The van der Waals surface area contributed by atoms with E-state index in [0.717, 1.165) is 11.1 Å². The smallest absolute Gasteiger partial charge is 0.133 e. The van der Waals surface area contributed by atoms with Crippen LogP contribution in [0, 0.1) is 0 Å². The van der Waals surface area contributed by atoms with Crippen LogP contribution >= 0.6 is 11.6 Å². The molecule has 0 fully saturated rings. The van der Waals surface area contributed by atoms with Gasteiger partial charge in [0.15, 0.2) is 0 Å². The molecule has 0 radical (unpaired) electrons. The minimum atomic E-state index is -0.0747. The van der Waals surface area contributed by atoms with Gasteiger partial charge in [-0.3, -0.25) is 0 Å². The molecule has 2 rings (SSSR count). The SMILES string of the molecule is NCc1ccc(Cl)cc1Oc1ccccc1CO. The van der Waals surface area contributed by atoms with Crippen LogP contribution in [0.4, 0.5) is 0 Å². The molecule has 0 aromatic heterocycles. The summed E-state index contributed by atoms with van der Waals surface area (Å²) < 4.78 is 5.78. The van der Waals surface area contributed by atoms with E-state index in [1.54, 1.807) is 18.2 Å². The zero-order valence-electron chi connectivity index (χ0n) is 9.77. The van der Waals surface area contributed by atoms with Gasteiger partial charge in [0.2, 0.25) is 0 Å². The number of nitrogens with two attached hydrogens (primary N) is 1. The van der Waals surface area contributed by atoms with Gasteiger partial charge in [-0.1, -0.05) is 35.9 Å². The Kier molecular flexibility index (Phi) is 4.20. The lowest BCUT2D eigenvalue weighted by Crippen LogP contribution is -2.00. The third-order valence-corrected chi connectivity index (χ3v) is 2.85. The van der Waals surface area contributed by atoms with Gasteiger partial charge in [0, 0.05) is 22.7 Å². The Morgan fingerprint density at radius 3 is 2.56 bits per heavy atom. The summed E-state index contributed by atoms with van der Waals surface area (Å²) in [5, 5.41) is 9.83. The maximum atomic E-state index is 9.25. The molecule has 3 N–H and O–H groups in total. The molecule has 3 nitrogen and oxygen atoms in total. The van der Waals surface area contributed by atoms with E-state index in [-0.39, 0.29) is 6.61 Å². The Bertz CT molecular complexity index is 543. The number of hydrogen-bond acceptors (Lipinski definition) is 3. The normalized spacial score (nSPS) is 10.4. The van der Waals surface area contributed by atoms with Crippen molar-refractivity contribution in [3.8, 4) is 11.5 Å². The molecule has 0 atom stereocenters. The molecule has 0 heterocycles. The number of para-hydroxylation sites is 1. The predicted molar refractivity (Wildman–Crippen MR) is 71.8 cm³/mol.